The number of halogens is 3. The molecule has 0 radical (unpaired) electrons. The van der Waals surface area contributed by atoms with Crippen LogP contribution in [-0.4, -0.2) is 25.1 Å². The number of hydrogen-bond donors (Lipinski definition) is 1. The summed E-state index contributed by atoms with van der Waals surface area (Å²) < 4.78 is 45.6. The van der Waals surface area contributed by atoms with Crippen LogP contribution >= 0.6 is 0 Å². The van der Waals surface area contributed by atoms with E-state index >= 15 is 0 Å². The molecule has 2 rings (SSSR count). The quantitative estimate of drug-likeness (QED) is 0.867. The number of nitrogens with one attached hydrogen (secondary N) is 1. The molecule has 0 heterocycles. The van der Waals surface area contributed by atoms with Gasteiger partial charge in [0.15, 0.2) is 0 Å². The molecule has 1 saturated carbocycles. The SMILES string of the molecule is CCOC1CC(NC(C)c2ccc(OC(F)(F)F)cc2)C1. The maximum atomic E-state index is 12.1. The van der Waals surface area contributed by atoms with Crippen LogP contribution < -0.4 is 10.1 Å². The topological polar surface area (TPSA) is 30.5 Å². The molecular formula is C15H20F3NO2. The van der Waals surface area contributed by atoms with E-state index in [9.17, 15) is 13.2 Å². The zero-order chi connectivity index (χ0) is 15.5. The van der Waals surface area contributed by atoms with Crippen LogP contribution in [0.3, 0.4) is 0 Å². The first-order chi connectivity index (χ1) is 9.87. The van der Waals surface area contributed by atoms with Crippen LogP contribution in [0.15, 0.2) is 24.3 Å². The van der Waals surface area contributed by atoms with Gasteiger partial charge in [-0.1, -0.05) is 12.1 Å². The van der Waals surface area contributed by atoms with Gasteiger partial charge in [0.25, 0.3) is 0 Å². The molecule has 0 saturated heterocycles. The molecule has 1 unspecified atom stereocenters. The van der Waals surface area contributed by atoms with Crippen molar-refractivity contribution in [3.8, 4) is 5.75 Å². The molecule has 0 aliphatic heterocycles. The first-order valence-electron chi connectivity index (χ1n) is 7.10. The maximum absolute atomic E-state index is 12.1. The molecule has 6 heteroatoms. The lowest BCUT2D eigenvalue weighted by Gasteiger charge is -2.37. The zero-order valence-electron chi connectivity index (χ0n) is 12.1. The van der Waals surface area contributed by atoms with E-state index < -0.39 is 6.36 Å². The summed E-state index contributed by atoms with van der Waals surface area (Å²) >= 11 is 0. The molecule has 0 aromatic heterocycles. The monoisotopic (exact) mass is 303 g/mol. The van der Waals surface area contributed by atoms with Crippen molar-refractivity contribution < 1.29 is 22.6 Å². The smallest absolute Gasteiger partial charge is 0.406 e. The van der Waals surface area contributed by atoms with Gasteiger partial charge in [-0.2, -0.15) is 0 Å². The molecule has 1 aliphatic rings. The molecular weight excluding hydrogens is 283 g/mol. The number of hydrogen-bond acceptors (Lipinski definition) is 3. The van der Waals surface area contributed by atoms with Crippen LogP contribution in [0.4, 0.5) is 13.2 Å². The second-order valence-corrected chi connectivity index (χ2v) is 5.25. The van der Waals surface area contributed by atoms with Crippen molar-refractivity contribution in [2.24, 2.45) is 0 Å². The maximum Gasteiger partial charge on any atom is 0.573 e. The van der Waals surface area contributed by atoms with Gasteiger partial charge in [0, 0.05) is 18.7 Å². The Labute approximate surface area is 122 Å². The van der Waals surface area contributed by atoms with E-state index in [0.29, 0.717) is 12.1 Å². The predicted octanol–water partition coefficient (Wildman–Crippen LogP) is 3.80. The lowest BCUT2D eigenvalue weighted by Crippen LogP contribution is -2.46. The Kier molecular flexibility index (Phi) is 5.11. The predicted molar refractivity (Wildman–Crippen MR) is 73.1 cm³/mol. The molecule has 1 aromatic carbocycles. The van der Waals surface area contributed by atoms with Gasteiger partial charge >= 0.3 is 6.36 Å². The molecule has 21 heavy (non-hydrogen) atoms. The summed E-state index contributed by atoms with van der Waals surface area (Å²) in [5.74, 6) is -0.196. The summed E-state index contributed by atoms with van der Waals surface area (Å²) in [7, 11) is 0. The highest BCUT2D eigenvalue weighted by molar-refractivity contribution is 5.29. The summed E-state index contributed by atoms with van der Waals surface area (Å²) in [6.45, 7) is 4.70. The van der Waals surface area contributed by atoms with E-state index in [1.54, 1.807) is 12.1 Å². The second kappa shape index (κ2) is 6.66. The van der Waals surface area contributed by atoms with Crippen molar-refractivity contribution in [3.63, 3.8) is 0 Å². The molecule has 118 valence electrons. The highest BCUT2D eigenvalue weighted by Gasteiger charge is 2.32. The zero-order valence-corrected chi connectivity index (χ0v) is 12.1. The molecule has 3 nitrogen and oxygen atoms in total. The normalized spacial score (nSPS) is 23.5. The molecule has 1 aliphatic carbocycles. The molecule has 1 N–H and O–H groups in total. The van der Waals surface area contributed by atoms with Gasteiger partial charge in [-0.05, 0) is 44.4 Å². The van der Waals surface area contributed by atoms with Crippen LogP contribution in [0.25, 0.3) is 0 Å². The lowest BCUT2D eigenvalue weighted by atomic mass is 9.88. The van der Waals surface area contributed by atoms with E-state index in [1.165, 1.54) is 12.1 Å². The van der Waals surface area contributed by atoms with Crippen LogP contribution in [0.1, 0.15) is 38.3 Å². The van der Waals surface area contributed by atoms with Crippen molar-refractivity contribution >= 4 is 0 Å². The average Bonchev–Trinajstić information content (AvgIpc) is 2.35. The Morgan fingerprint density at radius 2 is 1.86 bits per heavy atom. The largest absolute Gasteiger partial charge is 0.573 e. The Balaban J connectivity index is 1.82. The minimum atomic E-state index is -4.65. The summed E-state index contributed by atoms with van der Waals surface area (Å²) in [4.78, 5) is 0. The van der Waals surface area contributed by atoms with E-state index in [4.69, 9.17) is 4.74 Å². The first-order valence-corrected chi connectivity index (χ1v) is 7.10. The third-order valence-corrected chi connectivity index (χ3v) is 3.60. The van der Waals surface area contributed by atoms with Crippen molar-refractivity contribution in [1.82, 2.24) is 5.32 Å². The number of ether oxygens (including phenoxy) is 2. The molecule has 0 amide bonds. The van der Waals surface area contributed by atoms with Crippen molar-refractivity contribution in [2.45, 2.75) is 51.2 Å². The molecule has 1 aromatic rings. The van der Waals surface area contributed by atoms with Crippen molar-refractivity contribution in [1.29, 1.82) is 0 Å². The number of rotatable bonds is 6. The summed E-state index contributed by atoms with van der Waals surface area (Å²) in [5, 5.41) is 3.45. The Bertz CT molecular complexity index is 441. The van der Waals surface area contributed by atoms with Crippen LogP contribution in [0.5, 0.6) is 5.75 Å². The average molecular weight is 303 g/mol. The minimum absolute atomic E-state index is 0.0810. The summed E-state index contributed by atoms with van der Waals surface area (Å²) in [5.41, 5.74) is 0.935. The highest BCUT2D eigenvalue weighted by Crippen LogP contribution is 2.28. The van der Waals surface area contributed by atoms with Gasteiger partial charge in [0.05, 0.1) is 6.10 Å². The third kappa shape index (κ3) is 4.89. The standard InChI is InChI=1S/C15H20F3NO2/c1-3-20-14-8-12(9-14)19-10(2)11-4-6-13(7-5-11)21-15(16,17)18/h4-7,10,12,14,19H,3,8-9H2,1-2H3. The van der Waals surface area contributed by atoms with Gasteiger partial charge in [0.1, 0.15) is 5.75 Å². The highest BCUT2D eigenvalue weighted by atomic mass is 19.4. The van der Waals surface area contributed by atoms with Crippen molar-refractivity contribution in [2.75, 3.05) is 6.61 Å². The van der Waals surface area contributed by atoms with E-state index in [0.717, 1.165) is 25.0 Å². The Morgan fingerprint density at radius 1 is 1.24 bits per heavy atom. The van der Waals surface area contributed by atoms with Crippen LogP contribution in [-0.2, 0) is 4.74 Å². The van der Waals surface area contributed by atoms with Gasteiger partial charge < -0.3 is 14.8 Å². The van der Waals surface area contributed by atoms with Gasteiger partial charge in [-0.3, -0.25) is 0 Å². The van der Waals surface area contributed by atoms with E-state index in [1.807, 2.05) is 13.8 Å². The summed E-state index contributed by atoms with van der Waals surface area (Å²) in [6, 6.07) is 6.46. The first kappa shape index (κ1) is 16.1. The Morgan fingerprint density at radius 3 is 2.38 bits per heavy atom. The fourth-order valence-corrected chi connectivity index (χ4v) is 2.48. The third-order valence-electron chi connectivity index (χ3n) is 3.60. The van der Waals surface area contributed by atoms with Gasteiger partial charge in [-0.15, -0.1) is 13.2 Å². The van der Waals surface area contributed by atoms with Crippen LogP contribution in [0, 0.1) is 0 Å². The molecule has 1 fully saturated rings. The fraction of sp³-hybridized carbons (Fsp3) is 0.600. The lowest BCUT2D eigenvalue weighted by molar-refractivity contribution is -0.274. The van der Waals surface area contributed by atoms with Crippen LogP contribution in [0.2, 0.25) is 0 Å². The minimum Gasteiger partial charge on any atom is -0.406 e. The van der Waals surface area contributed by atoms with E-state index in [-0.39, 0.29) is 11.8 Å². The fourth-order valence-electron chi connectivity index (χ4n) is 2.48. The summed E-state index contributed by atoms with van der Waals surface area (Å²) in [6.07, 6.45) is -2.35. The Hall–Kier alpha value is -1.27. The molecule has 0 bridgehead atoms. The second-order valence-electron chi connectivity index (χ2n) is 5.25. The van der Waals surface area contributed by atoms with Crippen molar-refractivity contribution in [3.05, 3.63) is 29.8 Å². The van der Waals surface area contributed by atoms with E-state index in [2.05, 4.69) is 10.1 Å². The molecule has 0 spiro atoms. The molecule has 1 atom stereocenters. The van der Waals surface area contributed by atoms with Gasteiger partial charge in [0.2, 0.25) is 0 Å². The number of alkyl halides is 3. The van der Waals surface area contributed by atoms with Gasteiger partial charge in [-0.25, -0.2) is 0 Å². The number of benzene rings is 1.